The van der Waals surface area contributed by atoms with E-state index in [9.17, 15) is 4.79 Å². The number of benzene rings is 5. The standard InChI is InChI=1S/C50H54N4O4S/c1-37(59-50(40-21-8-5-9-22-40,41-23-10-6-11-24-41)42-25-12-7-13-26-42)34-45-49(53-47(56)58-48(2,3)4,29-33-57-36-38-18-17-30-51-35-38)52-31-32-54(45)46(55)44-28-16-20-39-19-14-15-27-43(39)44/h5-28,30,35,37,45,52H,29,31-34,36H2,1-4H3,(H,53,56)/t37-,45?,49?/m0/s1. The lowest BCUT2D eigenvalue weighted by Crippen LogP contribution is -2.75. The predicted molar refractivity (Wildman–Crippen MR) is 238 cm³/mol. The number of piperazine rings is 1. The van der Waals surface area contributed by atoms with Gasteiger partial charge in [-0.15, -0.1) is 11.8 Å². The van der Waals surface area contributed by atoms with Gasteiger partial charge in [-0.1, -0.05) is 140 Å². The Labute approximate surface area is 352 Å². The van der Waals surface area contributed by atoms with Gasteiger partial charge < -0.3 is 19.7 Å². The molecule has 7 rings (SSSR count). The Hall–Kier alpha value is -5.48. The monoisotopic (exact) mass is 806 g/mol. The maximum atomic E-state index is 15.2. The molecule has 3 atom stereocenters. The largest absolute Gasteiger partial charge is 0.444 e. The van der Waals surface area contributed by atoms with Gasteiger partial charge in [0.25, 0.3) is 5.91 Å². The molecule has 1 aromatic heterocycles. The SMILES string of the molecule is C[C@@H](CC1N(C(=O)c2cccc3ccccc23)CCNC1(CCOCc1cccnc1)NC(=O)OC(C)(C)C)SC(c1ccccc1)(c1ccccc1)c1ccccc1. The van der Waals surface area contributed by atoms with Crippen LogP contribution in [0, 0.1) is 0 Å². The molecule has 0 radical (unpaired) electrons. The van der Waals surface area contributed by atoms with Gasteiger partial charge in [-0.2, -0.15) is 0 Å². The highest BCUT2D eigenvalue weighted by molar-refractivity contribution is 8.01. The average Bonchev–Trinajstić information content (AvgIpc) is 3.25. The van der Waals surface area contributed by atoms with Crippen molar-refractivity contribution in [2.75, 3.05) is 19.7 Å². The summed E-state index contributed by atoms with van der Waals surface area (Å²) in [4.78, 5) is 35.4. The molecular weight excluding hydrogens is 753 g/mol. The number of carbonyl (C=O) groups excluding carboxylic acids is 2. The average molecular weight is 807 g/mol. The summed E-state index contributed by atoms with van der Waals surface area (Å²) < 4.78 is 11.6. The first-order valence-electron chi connectivity index (χ1n) is 20.4. The van der Waals surface area contributed by atoms with E-state index in [-0.39, 0.29) is 11.2 Å². The molecule has 1 saturated heterocycles. The van der Waals surface area contributed by atoms with Crippen molar-refractivity contribution in [3.63, 3.8) is 0 Å². The van der Waals surface area contributed by atoms with E-state index in [1.54, 1.807) is 12.4 Å². The number of pyridine rings is 1. The third kappa shape index (κ3) is 9.71. The maximum absolute atomic E-state index is 15.2. The zero-order valence-corrected chi connectivity index (χ0v) is 35.2. The highest BCUT2D eigenvalue weighted by Crippen LogP contribution is 2.51. The molecule has 0 spiro atoms. The summed E-state index contributed by atoms with van der Waals surface area (Å²) >= 11 is 1.86. The van der Waals surface area contributed by atoms with Crippen LogP contribution in [0.15, 0.2) is 158 Å². The van der Waals surface area contributed by atoms with Crippen molar-refractivity contribution in [1.82, 2.24) is 20.5 Å². The quantitative estimate of drug-likeness (QED) is 0.0837. The molecule has 1 aliphatic heterocycles. The molecule has 5 aromatic carbocycles. The van der Waals surface area contributed by atoms with Crippen LogP contribution in [0.5, 0.6) is 0 Å². The number of hydrogen-bond donors (Lipinski definition) is 2. The fraction of sp³-hybridized carbons (Fsp3) is 0.300. The molecule has 2 heterocycles. The summed E-state index contributed by atoms with van der Waals surface area (Å²) in [6.45, 7) is 9.36. The first-order valence-corrected chi connectivity index (χ1v) is 21.3. The number of carbonyl (C=O) groups is 2. The number of aromatic nitrogens is 1. The van der Waals surface area contributed by atoms with Gasteiger partial charge in [0.2, 0.25) is 0 Å². The second kappa shape index (κ2) is 18.6. The zero-order chi connectivity index (χ0) is 41.3. The maximum Gasteiger partial charge on any atom is 0.409 e. The van der Waals surface area contributed by atoms with E-state index in [2.05, 4.69) is 114 Å². The first kappa shape index (κ1) is 41.7. The molecule has 2 unspecified atom stereocenters. The van der Waals surface area contributed by atoms with Crippen LogP contribution < -0.4 is 10.6 Å². The number of fused-ring (bicyclic) bond motifs is 1. The molecule has 2 N–H and O–H groups in total. The van der Waals surface area contributed by atoms with Crippen molar-refractivity contribution in [3.8, 4) is 0 Å². The molecule has 9 heteroatoms. The lowest BCUT2D eigenvalue weighted by molar-refractivity contribution is -0.00890. The van der Waals surface area contributed by atoms with Gasteiger partial charge >= 0.3 is 6.09 Å². The molecule has 8 nitrogen and oxygen atoms in total. The lowest BCUT2D eigenvalue weighted by atomic mass is 9.84. The Morgan fingerprint density at radius 1 is 0.831 bits per heavy atom. The van der Waals surface area contributed by atoms with Gasteiger partial charge in [-0.25, -0.2) is 4.79 Å². The fourth-order valence-corrected chi connectivity index (χ4v) is 10.0. The number of thioether (sulfide) groups is 1. The van der Waals surface area contributed by atoms with E-state index in [0.717, 1.165) is 33.0 Å². The Morgan fingerprint density at radius 3 is 2.05 bits per heavy atom. The fourth-order valence-electron chi connectivity index (χ4n) is 8.30. The normalized spacial score (nSPS) is 17.6. The molecule has 1 fully saturated rings. The van der Waals surface area contributed by atoms with E-state index < -0.39 is 28.1 Å². The van der Waals surface area contributed by atoms with Crippen LogP contribution in [-0.4, -0.2) is 64.1 Å². The predicted octanol–water partition coefficient (Wildman–Crippen LogP) is 9.98. The topological polar surface area (TPSA) is 92.8 Å². The third-order valence-electron chi connectivity index (χ3n) is 10.8. The Kier molecular flexibility index (Phi) is 13.2. The van der Waals surface area contributed by atoms with Crippen LogP contribution in [0.4, 0.5) is 4.79 Å². The van der Waals surface area contributed by atoms with Crippen LogP contribution >= 0.6 is 11.8 Å². The van der Waals surface area contributed by atoms with Crippen molar-refractivity contribution >= 4 is 34.5 Å². The first-order chi connectivity index (χ1) is 28.6. The van der Waals surface area contributed by atoms with Crippen molar-refractivity contribution in [1.29, 1.82) is 0 Å². The zero-order valence-electron chi connectivity index (χ0n) is 34.3. The summed E-state index contributed by atoms with van der Waals surface area (Å²) in [6, 6.07) is 49.2. The van der Waals surface area contributed by atoms with Gasteiger partial charge in [-0.05, 0) is 72.4 Å². The number of ether oxygens (including phenoxy) is 2. The van der Waals surface area contributed by atoms with Gasteiger partial charge in [-0.3, -0.25) is 15.1 Å². The number of nitrogens with zero attached hydrogens (tertiary/aromatic N) is 2. The van der Waals surface area contributed by atoms with Gasteiger partial charge in [0.1, 0.15) is 11.3 Å². The number of hydrogen-bond acceptors (Lipinski definition) is 7. The number of rotatable bonds is 14. The Balaban J connectivity index is 1.32. The second-order valence-electron chi connectivity index (χ2n) is 16.2. The van der Waals surface area contributed by atoms with Crippen LogP contribution in [-0.2, 0) is 20.8 Å². The summed E-state index contributed by atoms with van der Waals surface area (Å²) in [5, 5.41) is 8.86. The third-order valence-corrected chi connectivity index (χ3v) is 12.5. The minimum absolute atomic E-state index is 0.0561. The van der Waals surface area contributed by atoms with Gasteiger partial charge in [0.05, 0.1) is 24.0 Å². The molecule has 2 amide bonds. The molecule has 6 aromatic rings. The van der Waals surface area contributed by atoms with Crippen LogP contribution in [0.1, 0.15) is 73.1 Å². The van der Waals surface area contributed by atoms with Crippen molar-refractivity contribution in [2.45, 2.75) is 74.4 Å². The van der Waals surface area contributed by atoms with E-state index in [0.29, 0.717) is 44.7 Å². The second-order valence-corrected chi connectivity index (χ2v) is 17.8. The molecule has 0 bridgehead atoms. The van der Waals surface area contributed by atoms with Gasteiger partial charge in [0, 0.05) is 42.7 Å². The molecule has 0 aliphatic carbocycles. The Bertz CT molecular complexity index is 2190. The van der Waals surface area contributed by atoms with Crippen molar-refractivity contribution in [3.05, 3.63) is 186 Å². The minimum atomic E-state index is -1.11. The van der Waals surface area contributed by atoms with E-state index in [1.807, 2.05) is 92.0 Å². The van der Waals surface area contributed by atoms with Crippen LogP contribution in [0.3, 0.4) is 0 Å². The number of nitrogens with one attached hydrogen (secondary N) is 2. The Morgan fingerprint density at radius 2 is 1.44 bits per heavy atom. The van der Waals surface area contributed by atoms with Crippen molar-refractivity contribution < 1.29 is 19.1 Å². The molecular formula is C50H54N4O4S. The summed E-state index contributed by atoms with van der Waals surface area (Å²) in [6.07, 6.45) is 3.87. The molecule has 59 heavy (non-hydrogen) atoms. The lowest BCUT2D eigenvalue weighted by Gasteiger charge is -2.52. The smallest absolute Gasteiger partial charge is 0.409 e. The van der Waals surface area contributed by atoms with E-state index in [4.69, 9.17) is 9.47 Å². The highest BCUT2D eigenvalue weighted by Gasteiger charge is 2.50. The molecule has 1 aliphatic rings. The van der Waals surface area contributed by atoms with E-state index >= 15 is 4.79 Å². The summed E-state index contributed by atoms with van der Waals surface area (Å²) in [5.74, 6) is -0.0856. The summed E-state index contributed by atoms with van der Waals surface area (Å²) in [5.41, 5.74) is 3.19. The number of amides is 2. The molecule has 304 valence electrons. The minimum Gasteiger partial charge on any atom is -0.444 e. The van der Waals surface area contributed by atoms with Crippen LogP contribution in [0.25, 0.3) is 10.8 Å². The highest BCUT2D eigenvalue weighted by atomic mass is 32.2. The van der Waals surface area contributed by atoms with Crippen molar-refractivity contribution in [2.24, 2.45) is 0 Å². The summed E-state index contributed by atoms with van der Waals surface area (Å²) in [7, 11) is 0. The number of alkyl carbamates (subject to hydrolysis) is 1. The van der Waals surface area contributed by atoms with Gasteiger partial charge in [0.15, 0.2) is 0 Å². The van der Waals surface area contributed by atoms with Crippen LogP contribution in [0.2, 0.25) is 0 Å². The molecule has 0 saturated carbocycles. The van der Waals surface area contributed by atoms with E-state index in [1.165, 1.54) is 0 Å².